The highest BCUT2D eigenvalue weighted by molar-refractivity contribution is 5.77. The lowest BCUT2D eigenvalue weighted by Crippen LogP contribution is -1.98. The molecule has 0 aliphatic carbocycles. The van der Waals surface area contributed by atoms with Gasteiger partial charge >= 0.3 is 0 Å². The van der Waals surface area contributed by atoms with Gasteiger partial charge in [-0.25, -0.2) is 0 Å². The summed E-state index contributed by atoms with van der Waals surface area (Å²) in [6, 6.07) is 0. The summed E-state index contributed by atoms with van der Waals surface area (Å²) in [5.74, 6) is 0.472. The Kier molecular flexibility index (Phi) is 20.0. The fourth-order valence-corrected chi connectivity index (χ4v) is 0.990. The van der Waals surface area contributed by atoms with Crippen LogP contribution in [0.25, 0.3) is 0 Å². The zero-order valence-electron chi connectivity index (χ0n) is 14.1. The summed E-state index contributed by atoms with van der Waals surface area (Å²) in [6.45, 7) is 18.1. The Balaban J connectivity index is -0.000000241. The molecule has 0 unspecified atom stereocenters. The van der Waals surface area contributed by atoms with Crippen molar-refractivity contribution in [3.8, 4) is 0 Å². The molecule has 108 valence electrons. The highest BCUT2D eigenvalue weighted by Crippen LogP contribution is 2.12. The van der Waals surface area contributed by atoms with Crippen LogP contribution in [0.2, 0.25) is 0 Å². The second kappa shape index (κ2) is 16.1. The lowest BCUT2D eigenvalue weighted by atomic mass is 10.1. The van der Waals surface area contributed by atoms with E-state index < -0.39 is 0 Å². The van der Waals surface area contributed by atoms with Gasteiger partial charge in [-0.2, -0.15) is 0 Å². The molecule has 0 aromatic rings. The molecule has 0 spiro atoms. The van der Waals surface area contributed by atoms with Gasteiger partial charge in [0.25, 0.3) is 0 Å². The normalized spacial score (nSPS) is 11.2. The molecule has 1 heteroatoms. The van der Waals surface area contributed by atoms with Gasteiger partial charge in [0.2, 0.25) is 0 Å². The van der Waals surface area contributed by atoms with E-state index in [-0.39, 0.29) is 11.7 Å². The van der Waals surface area contributed by atoms with Crippen molar-refractivity contribution < 1.29 is 4.79 Å². The van der Waals surface area contributed by atoms with Gasteiger partial charge in [-0.05, 0) is 39.2 Å². The number of hydrogen-bond acceptors (Lipinski definition) is 1. The van der Waals surface area contributed by atoms with Crippen molar-refractivity contribution in [2.24, 2.45) is 5.92 Å². The quantitative estimate of drug-likeness (QED) is 0.566. The second-order valence-corrected chi connectivity index (χ2v) is 4.28. The predicted molar refractivity (Wildman–Crippen MR) is 85.0 cm³/mol. The lowest BCUT2D eigenvalue weighted by Gasteiger charge is -2.01. The van der Waals surface area contributed by atoms with E-state index in [9.17, 15) is 4.79 Å². The first-order valence-electron chi connectivity index (χ1n) is 7.22. The number of carbonyl (C=O) groups excluding carboxylic acids is 1. The van der Waals surface area contributed by atoms with E-state index in [0.29, 0.717) is 0 Å². The molecule has 0 radical (unpaired) electrons. The summed E-state index contributed by atoms with van der Waals surface area (Å²) in [4.78, 5) is 10.1. The van der Waals surface area contributed by atoms with Crippen LogP contribution in [0.15, 0.2) is 23.3 Å². The van der Waals surface area contributed by atoms with Crippen molar-refractivity contribution in [3.63, 3.8) is 0 Å². The molecule has 0 atom stereocenters. The van der Waals surface area contributed by atoms with E-state index in [0.717, 1.165) is 6.42 Å². The molecule has 0 N–H and O–H groups in total. The number of ketones is 1. The third-order valence-electron chi connectivity index (χ3n) is 2.64. The minimum absolute atomic E-state index is 0.213. The molecule has 0 aromatic carbocycles. The van der Waals surface area contributed by atoms with Crippen molar-refractivity contribution in [1.82, 2.24) is 0 Å². The maximum Gasteiger partial charge on any atom is 0.132 e. The molecule has 0 rings (SSSR count). The summed E-state index contributed by atoms with van der Waals surface area (Å²) in [7, 11) is 0. The Morgan fingerprint density at radius 1 is 1.06 bits per heavy atom. The fraction of sp³-hybridized carbons (Fsp3) is 0.706. The molecule has 0 bridgehead atoms. The molecule has 18 heavy (non-hydrogen) atoms. The van der Waals surface area contributed by atoms with Gasteiger partial charge in [-0.15, -0.1) is 0 Å². The molecular formula is C17H34O. The summed E-state index contributed by atoms with van der Waals surface area (Å²) in [5.41, 5.74) is 3.01. The van der Waals surface area contributed by atoms with Gasteiger partial charge < -0.3 is 0 Å². The van der Waals surface area contributed by atoms with E-state index in [4.69, 9.17) is 0 Å². The van der Waals surface area contributed by atoms with E-state index in [1.807, 2.05) is 27.7 Å². The smallest absolute Gasteiger partial charge is 0.132 e. The first-order valence-corrected chi connectivity index (χ1v) is 7.22. The molecule has 0 heterocycles. The molecule has 0 aliphatic rings. The van der Waals surface area contributed by atoms with Gasteiger partial charge in [0.15, 0.2) is 0 Å². The first kappa shape index (κ1) is 22.3. The predicted octanol–water partition coefficient (Wildman–Crippen LogP) is 5.96. The summed E-state index contributed by atoms with van der Waals surface area (Å²) in [5, 5.41) is 0. The Bertz CT molecular complexity index is 244. The van der Waals surface area contributed by atoms with Crippen LogP contribution in [-0.4, -0.2) is 5.78 Å². The van der Waals surface area contributed by atoms with E-state index in [1.165, 1.54) is 17.6 Å². The van der Waals surface area contributed by atoms with Gasteiger partial charge in [-0.1, -0.05) is 59.3 Å². The molecule has 1 nitrogen and oxygen atoms in total. The van der Waals surface area contributed by atoms with Crippen LogP contribution in [0.1, 0.15) is 75.2 Å². The Hall–Kier alpha value is -0.850. The average Bonchev–Trinajstić information content (AvgIpc) is 2.38. The summed E-state index contributed by atoms with van der Waals surface area (Å²) in [6.07, 6.45) is 6.65. The Labute approximate surface area is 115 Å². The summed E-state index contributed by atoms with van der Waals surface area (Å²) >= 11 is 0. The van der Waals surface area contributed by atoms with E-state index in [2.05, 4.69) is 39.8 Å². The number of allylic oxidation sites excluding steroid dienone is 4. The van der Waals surface area contributed by atoms with Crippen LogP contribution >= 0.6 is 0 Å². The Morgan fingerprint density at radius 3 is 1.61 bits per heavy atom. The van der Waals surface area contributed by atoms with Crippen LogP contribution in [0.5, 0.6) is 0 Å². The summed E-state index contributed by atoms with van der Waals surface area (Å²) < 4.78 is 0. The van der Waals surface area contributed by atoms with Crippen LogP contribution in [0, 0.1) is 5.92 Å². The van der Waals surface area contributed by atoms with Crippen LogP contribution in [0.4, 0.5) is 0 Å². The first-order chi connectivity index (χ1) is 8.40. The SMILES string of the molecule is C/C=C\C(CC)=C(/C)CC.CC.CC(=O)C(C)C. The molecule has 0 amide bonds. The third-order valence-corrected chi connectivity index (χ3v) is 2.64. The molecule has 0 saturated carbocycles. The Morgan fingerprint density at radius 2 is 1.44 bits per heavy atom. The molecule has 0 aromatic heterocycles. The lowest BCUT2D eigenvalue weighted by molar-refractivity contribution is -0.119. The van der Waals surface area contributed by atoms with Gasteiger partial charge in [0.1, 0.15) is 5.78 Å². The standard InChI is InChI=1S/C10H18.C5H10O.C2H6/c1-5-8-10(7-3)9(4)6-2;1-4(2)5(3)6;1-2/h5,8H,6-7H2,1-4H3;4H,1-3H3;1-2H3/b8-5-,10-9+;;. The number of carbonyl (C=O) groups is 1. The second-order valence-electron chi connectivity index (χ2n) is 4.28. The maximum atomic E-state index is 10.1. The van der Waals surface area contributed by atoms with Crippen molar-refractivity contribution >= 4 is 5.78 Å². The number of Topliss-reactive ketones (excluding diaryl/α,β-unsaturated/α-hetero) is 1. The topological polar surface area (TPSA) is 17.1 Å². The zero-order valence-corrected chi connectivity index (χ0v) is 14.1. The maximum absolute atomic E-state index is 10.1. The molecule has 0 fully saturated rings. The van der Waals surface area contributed by atoms with Crippen molar-refractivity contribution in [2.45, 2.75) is 75.2 Å². The highest BCUT2D eigenvalue weighted by Gasteiger charge is 1.95. The third kappa shape index (κ3) is 15.1. The van der Waals surface area contributed by atoms with Crippen molar-refractivity contribution in [2.75, 3.05) is 0 Å². The fourth-order valence-electron chi connectivity index (χ4n) is 0.990. The minimum atomic E-state index is 0.213. The highest BCUT2D eigenvalue weighted by atomic mass is 16.1. The van der Waals surface area contributed by atoms with Crippen molar-refractivity contribution in [1.29, 1.82) is 0 Å². The van der Waals surface area contributed by atoms with Gasteiger partial charge in [0, 0.05) is 5.92 Å². The van der Waals surface area contributed by atoms with Crippen LogP contribution in [0.3, 0.4) is 0 Å². The minimum Gasteiger partial charge on any atom is -0.300 e. The van der Waals surface area contributed by atoms with E-state index >= 15 is 0 Å². The molecular weight excluding hydrogens is 220 g/mol. The van der Waals surface area contributed by atoms with Crippen molar-refractivity contribution in [3.05, 3.63) is 23.3 Å². The van der Waals surface area contributed by atoms with Gasteiger partial charge in [0.05, 0.1) is 0 Å². The molecule has 0 aliphatic heterocycles. The average molecular weight is 254 g/mol. The van der Waals surface area contributed by atoms with Crippen LogP contribution < -0.4 is 0 Å². The van der Waals surface area contributed by atoms with E-state index in [1.54, 1.807) is 6.92 Å². The van der Waals surface area contributed by atoms with Crippen LogP contribution in [-0.2, 0) is 4.79 Å². The number of rotatable bonds is 4. The largest absolute Gasteiger partial charge is 0.300 e. The zero-order chi connectivity index (χ0) is 15.1. The molecule has 0 saturated heterocycles. The number of hydrogen-bond donors (Lipinski definition) is 0. The van der Waals surface area contributed by atoms with Gasteiger partial charge in [-0.3, -0.25) is 4.79 Å². The monoisotopic (exact) mass is 254 g/mol.